The molecule has 16 heteroatoms. The summed E-state index contributed by atoms with van der Waals surface area (Å²) in [6, 6.07) is 13.5. The minimum absolute atomic E-state index is 0.181. The molecule has 0 aliphatic carbocycles. The Labute approximate surface area is 370 Å². The fourth-order valence-corrected chi connectivity index (χ4v) is 12.2. The zero-order valence-electron chi connectivity index (χ0n) is 31.4. The number of hydrogen-bond donors (Lipinski definition) is 2. The number of nitrogens with one attached hydrogen (secondary N) is 1. The average Bonchev–Trinajstić information content (AvgIpc) is 3.92. The van der Waals surface area contributed by atoms with Crippen molar-refractivity contribution in [1.29, 1.82) is 0 Å². The van der Waals surface area contributed by atoms with Gasteiger partial charge in [0.2, 0.25) is 11.1 Å². The van der Waals surface area contributed by atoms with E-state index < -0.39 is 0 Å². The number of amides is 1. The lowest BCUT2D eigenvalue weighted by Crippen LogP contribution is -2.35. The molecule has 6 aromatic rings. The maximum atomic E-state index is 12.0. The third-order valence-corrected chi connectivity index (χ3v) is 15.2. The molecule has 0 fully saturated rings. The molecule has 6 heterocycles. The summed E-state index contributed by atoms with van der Waals surface area (Å²) in [4.78, 5) is 39.2. The number of carbonyl (C=O) groups excluding carboxylic acids is 2. The first-order chi connectivity index (χ1) is 26.8. The molecule has 0 saturated heterocycles. The number of nitrogens with zero attached hydrogens (tertiary/aromatic N) is 4. The lowest BCUT2D eigenvalue weighted by Gasteiger charge is -2.30. The number of fused-ring (bicyclic) bond motifs is 4. The summed E-state index contributed by atoms with van der Waals surface area (Å²) in [6.07, 6.45) is 3.63. The van der Waals surface area contributed by atoms with Crippen LogP contribution in [0.2, 0.25) is 0 Å². The van der Waals surface area contributed by atoms with Gasteiger partial charge in [-0.2, -0.15) is 0 Å². The number of halogens is 4. The Balaban J connectivity index is 0.000000168. The topological polar surface area (TPSA) is 104 Å². The normalized spacial score (nSPS) is 14.2. The molecule has 8 nitrogen and oxygen atoms in total. The maximum Gasteiger partial charge on any atom is 0.248 e. The van der Waals surface area contributed by atoms with Crippen molar-refractivity contribution in [2.75, 3.05) is 30.0 Å². The number of carbonyl (C=O) groups is 2. The molecule has 296 valence electrons. The van der Waals surface area contributed by atoms with Crippen LogP contribution in [0.1, 0.15) is 55.0 Å². The van der Waals surface area contributed by atoms with Crippen LogP contribution in [0.15, 0.2) is 58.0 Å². The monoisotopic (exact) mass is 994 g/mol. The highest BCUT2D eigenvalue weighted by atomic mass is 79.9. The van der Waals surface area contributed by atoms with Gasteiger partial charge in [-0.25, -0.2) is 9.97 Å². The van der Waals surface area contributed by atoms with E-state index in [9.17, 15) is 9.59 Å². The van der Waals surface area contributed by atoms with Gasteiger partial charge in [-0.05, 0) is 106 Å². The molecular weight excluding hydrogens is 955 g/mol. The molecule has 56 heavy (non-hydrogen) atoms. The van der Waals surface area contributed by atoms with Crippen LogP contribution in [-0.4, -0.2) is 62.0 Å². The summed E-state index contributed by atoms with van der Waals surface area (Å²) < 4.78 is 4.44. The predicted octanol–water partition coefficient (Wildman–Crippen LogP) is 12.2. The summed E-state index contributed by atoms with van der Waals surface area (Å²) in [7, 11) is 0. The van der Waals surface area contributed by atoms with Crippen LogP contribution in [-0.2, 0) is 35.5 Å². The Morgan fingerprint density at radius 1 is 0.857 bits per heavy atom. The highest BCUT2D eigenvalue weighted by Gasteiger charge is 2.29. The lowest BCUT2D eigenvalue weighted by atomic mass is 10.0. The van der Waals surface area contributed by atoms with E-state index in [-0.39, 0.29) is 17.6 Å². The van der Waals surface area contributed by atoms with Crippen molar-refractivity contribution < 1.29 is 9.59 Å². The molecule has 4 aromatic heterocycles. The molecule has 0 radical (unpaired) electrons. The molecule has 2 aromatic carbocycles. The summed E-state index contributed by atoms with van der Waals surface area (Å²) >= 11 is 23.8. The van der Waals surface area contributed by atoms with Crippen molar-refractivity contribution in [3.63, 3.8) is 0 Å². The Kier molecular flexibility index (Phi) is 14.9. The number of thiazole rings is 2. The van der Waals surface area contributed by atoms with Crippen molar-refractivity contribution in [1.82, 2.24) is 19.8 Å². The SMILES string of the molecule is C=CC(=O)Nc1sc2c(c1-c1nc3cc(Br)ccc3s1)CCN(C(C)C)C2.CC(C)N1CCc2c(sc(N)c2-c2nc3cc(Br)ccc3s2)C1.O=C(Cl)CCCl. The zero-order valence-corrected chi connectivity index (χ0v) is 39.3. The van der Waals surface area contributed by atoms with Crippen LogP contribution >= 0.6 is 100 Å². The number of benzene rings is 2. The van der Waals surface area contributed by atoms with Crippen LogP contribution in [0.3, 0.4) is 0 Å². The van der Waals surface area contributed by atoms with Gasteiger partial charge in [0, 0.05) is 80.4 Å². The average molecular weight is 998 g/mol. The zero-order chi connectivity index (χ0) is 40.3. The summed E-state index contributed by atoms with van der Waals surface area (Å²) in [5.41, 5.74) is 13.4. The lowest BCUT2D eigenvalue weighted by molar-refractivity contribution is -0.112. The van der Waals surface area contributed by atoms with Crippen molar-refractivity contribution in [2.24, 2.45) is 0 Å². The summed E-state index contributed by atoms with van der Waals surface area (Å²) in [5.74, 6) is 0.141. The molecule has 3 N–H and O–H groups in total. The Morgan fingerprint density at radius 2 is 1.36 bits per heavy atom. The number of nitrogens with two attached hydrogens (primary N) is 1. The number of anilines is 2. The molecule has 2 aliphatic rings. The fourth-order valence-electron chi connectivity index (χ4n) is 6.55. The van der Waals surface area contributed by atoms with Crippen LogP contribution in [0.25, 0.3) is 41.6 Å². The molecule has 0 unspecified atom stereocenters. The second kappa shape index (κ2) is 19.2. The first-order valence-electron chi connectivity index (χ1n) is 18.1. The molecule has 0 atom stereocenters. The summed E-state index contributed by atoms with van der Waals surface area (Å²) in [5, 5.41) is 6.48. The Bertz CT molecular complexity index is 2390. The van der Waals surface area contributed by atoms with Crippen molar-refractivity contribution in [3.05, 3.63) is 78.9 Å². The Hall–Kier alpha value is -2.24. The number of thiophene rings is 2. The first kappa shape index (κ1) is 43.3. The van der Waals surface area contributed by atoms with Crippen LogP contribution in [0.5, 0.6) is 0 Å². The van der Waals surface area contributed by atoms with Gasteiger partial charge in [0.05, 0.1) is 25.4 Å². The van der Waals surface area contributed by atoms with E-state index in [0.717, 1.165) is 89.3 Å². The second-order valence-electron chi connectivity index (χ2n) is 13.8. The fraction of sp³-hybridized carbons (Fsp3) is 0.350. The second-order valence-corrected chi connectivity index (χ2v) is 20.8. The quantitative estimate of drug-likeness (QED) is 0.0889. The standard InChI is InChI=1S/C20H20BrN3OS2.C17H18BrN3S2.C3H4Cl2O/c1-4-17(25)23-20-18(13-7-8-24(11(2)3)10-16(13)27-20)19-22-14-9-12(21)5-6-15(14)26-19;1-9(2)21-6-5-11-14(8-21)22-16(19)15(11)17-20-12-7-10(18)3-4-13(12)23-17;4-2-1-3(5)6/h4-6,9,11H,1,7-8,10H2,2-3H3,(H,23,25);3-4,7,9H,5-6,8,19H2,1-2H3;1-2H2. The third-order valence-electron chi connectivity index (χ3n) is 9.50. The van der Waals surface area contributed by atoms with Crippen LogP contribution in [0, 0.1) is 0 Å². The maximum absolute atomic E-state index is 12.0. The van der Waals surface area contributed by atoms with Crippen LogP contribution in [0.4, 0.5) is 10.0 Å². The molecular formula is C40H42Br2Cl2N6O2S4. The van der Waals surface area contributed by atoms with Gasteiger partial charge in [-0.1, -0.05) is 38.4 Å². The van der Waals surface area contributed by atoms with Gasteiger partial charge in [0.25, 0.3) is 0 Å². The van der Waals surface area contributed by atoms with Gasteiger partial charge in [0.1, 0.15) is 15.0 Å². The number of hydrogen-bond acceptors (Lipinski definition) is 11. The molecule has 0 saturated carbocycles. The summed E-state index contributed by atoms with van der Waals surface area (Å²) in [6.45, 7) is 16.6. The van der Waals surface area contributed by atoms with E-state index in [1.54, 1.807) is 45.3 Å². The molecule has 0 bridgehead atoms. The number of aromatic nitrogens is 2. The number of alkyl halides is 1. The number of nitrogen functional groups attached to an aromatic ring is 1. The highest BCUT2D eigenvalue weighted by Crippen LogP contribution is 2.47. The number of rotatable bonds is 8. The molecule has 8 rings (SSSR count). The molecule has 2 aliphatic heterocycles. The smallest absolute Gasteiger partial charge is 0.248 e. The van der Waals surface area contributed by atoms with Crippen molar-refractivity contribution >= 4 is 142 Å². The van der Waals surface area contributed by atoms with E-state index in [1.807, 2.05) is 12.1 Å². The van der Waals surface area contributed by atoms with Gasteiger partial charge in [0.15, 0.2) is 0 Å². The van der Waals surface area contributed by atoms with E-state index in [0.29, 0.717) is 18.0 Å². The van der Waals surface area contributed by atoms with E-state index in [1.165, 1.54) is 37.2 Å². The highest BCUT2D eigenvalue weighted by molar-refractivity contribution is 9.10. The van der Waals surface area contributed by atoms with Gasteiger partial charge >= 0.3 is 0 Å². The molecule has 1 amide bonds. The minimum atomic E-state index is -0.370. The molecule has 0 spiro atoms. The minimum Gasteiger partial charge on any atom is -0.390 e. The Morgan fingerprint density at radius 3 is 1.82 bits per heavy atom. The predicted molar refractivity (Wildman–Crippen MR) is 249 cm³/mol. The van der Waals surface area contributed by atoms with E-state index >= 15 is 0 Å². The largest absolute Gasteiger partial charge is 0.390 e. The van der Waals surface area contributed by atoms with Crippen molar-refractivity contribution in [2.45, 2.75) is 72.1 Å². The van der Waals surface area contributed by atoms with Gasteiger partial charge in [-0.15, -0.1) is 56.9 Å². The van der Waals surface area contributed by atoms with E-state index in [4.69, 9.17) is 38.9 Å². The van der Waals surface area contributed by atoms with E-state index in [2.05, 4.69) is 106 Å². The van der Waals surface area contributed by atoms with Gasteiger partial charge < -0.3 is 11.1 Å². The van der Waals surface area contributed by atoms with Crippen molar-refractivity contribution in [3.8, 4) is 21.1 Å². The van der Waals surface area contributed by atoms with Crippen LogP contribution < -0.4 is 11.1 Å². The first-order valence-corrected chi connectivity index (χ1v) is 23.9. The third kappa shape index (κ3) is 10.1. The van der Waals surface area contributed by atoms with Gasteiger partial charge in [-0.3, -0.25) is 19.4 Å².